The van der Waals surface area contributed by atoms with Crippen molar-refractivity contribution in [2.24, 2.45) is 23.7 Å². The van der Waals surface area contributed by atoms with E-state index in [2.05, 4.69) is 66.5 Å². The maximum Gasteiger partial charge on any atom is 0.308 e. The van der Waals surface area contributed by atoms with Crippen LogP contribution in [0, 0.1) is 23.7 Å². The molecule has 1 rings (SSSR count). The van der Waals surface area contributed by atoms with E-state index < -0.39 is 8.32 Å². The molecule has 1 saturated heterocycles. The fourth-order valence-electron chi connectivity index (χ4n) is 8.10. The van der Waals surface area contributed by atoms with Crippen molar-refractivity contribution in [3.05, 3.63) is 0 Å². The Labute approximate surface area is 350 Å². The van der Waals surface area contributed by atoms with Crippen molar-refractivity contribution >= 4 is 20.3 Å². The minimum Gasteiger partial charge on any atom is -0.465 e. The Balaban J connectivity index is 2.96. The number of carbonyl (C=O) groups is 2. The summed E-state index contributed by atoms with van der Waals surface area (Å²) in [6, 6.07) is 0. The van der Waals surface area contributed by atoms with Gasteiger partial charge in [-0.2, -0.15) is 0 Å². The van der Waals surface area contributed by atoms with Gasteiger partial charge in [-0.1, -0.05) is 177 Å². The normalized spacial score (nSPS) is 15.5. The molecule has 1 aliphatic rings. The van der Waals surface area contributed by atoms with Crippen LogP contribution in [0.2, 0.25) is 18.1 Å². The third-order valence-electron chi connectivity index (χ3n) is 13.3. The van der Waals surface area contributed by atoms with Gasteiger partial charge in [-0.3, -0.25) is 9.59 Å². The van der Waals surface area contributed by atoms with Gasteiger partial charge in [-0.25, -0.2) is 0 Å². The highest BCUT2D eigenvalue weighted by Crippen LogP contribution is 2.36. The first-order valence-corrected chi connectivity index (χ1v) is 27.5. The first-order chi connectivity index (χ1) is 26.9. The second-order valence-corrected chi connectivity index (χ2v) is 24.2. The van der Waals surface area contributed by atoms with Crippen LogP contribution >= 0.6 is 0 Å². The van der Waals surface area contributed by atoms with Gasteiger partial charge in [-0.05, 0) is 82.1 Å². The predicted octanol–water partition coefficient (Wildman–Crippen LogP) is 14.5. The molecule has 0 aromatic rings. The molecule has 0 aliphatic carbocycles. The SMILES string of the molecule is CCCCCCCC(CCCCCCC)C(=O)OCC(COC(=O)C(CCCCCCC)CCCCCCC)C1CCN(CCCCO[Si](C)(C)C(C)(C)C)C1. The molecule has 0 aromatic carbocycles. The van der Waals surface area contributed by atoms with Crippen molar-refractivity contribution < 1.29 is 23.5 Å². The fraction of sp³-hybridized carbons (Fsp3) is 0.959. The van der Waals surface area contributed by atoms with Crippen LogP contribution in [0.1, 0.15) is 222 Å². The molecule has 0 spiro atoms. The first-order valence-electron chi connectivity index (χ1n) is 24.6. The van der Waals surface area contributed by atoms with Gasteiger partial charge in [0.2, 0.25) is 0 Å². The molecule has 0 aromatic heterocycles. The third kappa shape index (κ3) is 24.9. The van der Waals surface area contributed by atoms with Crippen molar-refractivity contribution in [3.63, 3.8) is 0 Å². The van der Waals surface area contributed by atoms with Gasteiger partial charge in [0.25, 0.3) is 0 Å². The van der Waals surface area contributed by atoms with E-state index in [4.69, 9.17) is 13.9 Å². The summed E-state index contributed by atoms with van der Waals surface area (Å²) in [6.07, 6.45) is 31.3. The number of hydrogen-bond donors (Lipinski definition) is 0. The molecular formula is C49H97NO5Si. The molecular weight excluding hydrogens is 711 g/mol. The summed E-state index contributed by atoms with van der Waals surface area (Å²) >= 11 is 0. The fourth-order valence-corrected chi connectivity index (χ4v) is 9.19. The predicted molar refractivity (Wildman–Crippen MR) is 243 cm³/mol. The van der Waals surface area contributed by atoms with Crippen LogP contribution in [0.25, 0.3) is 0 Å². The van der Waals surface area contributed by atoms with Crippen molar-refractivity contribution in [2.75, 3.05) is 39.5 Å². The minimum atomic E-state index is -1.72. The van der Waals surface area contributed by atoms with Gasteiger partial charge in [0, 0.05) is 19.1 Å². The Hall–Kier alpha value is -0.923. The summed E-state index contributed by atoms with van der Waals surface area (Å²) in [5.41, 5.74) is 0. The molecule has 1 aliphatic heterocycles. The molecule has 1 fully saturated rings. The second-order valence-electron chi connectivity index (χ2n) is 19.4. The lowest BCUT2D eigenvalue weighted by atomic mass is 9.91. The van der Waals surface area contributed by atoms with Crippen LogP contribution in [0.5, 0.6) is 0 Å². The molecule has 1 heterocycles. The Kier molecular flexibility index (Phi) is 31.2. The molecule has 0 N–H and O–H groups in total. The Morgan fingerprint density at radius 3 is 1.36 bits per heavy atom. The van der Waals surface area contributed by atoms with Gasteiger partial charge in [0.05, 0.1) is 25.0 Å². The Morgan fingerprint density at radius 1 is 0.589 bits per heavy atom. The van der Waals surface area contributed by atoms with Crippen LogP contribution in [0.15, 0.2) is 0 Å². The molecule has 0 saturated carbocycles. The zero-order chi connectivity index (χ0) is 41.5. The molecule has 0 radical (unpaired) electrons. The number of likely N-dealkylation sites (tertiary alicyclic amines) is 1. The van der Waals surface area contributed by atoms with Crippen molar-refractivity contribution in [3.8, 4) is 0 Å². The van der Waals surface area contributed by atoms with Crippen molar-refractivity contribution in [1.82, 2.24) is 4.90 Å². The van der Waals surface area contributed by atoms with E-state index in [-0.39, 0.29) is 34.7 Å². The van der Waals surface area contributed by atoms with Gasteiger partial charge in [0.1, 0.15) is 0 Å². The quantitative estimate of drug-likeness (QED) is 0.0354. The number of unbranched alkanes of at least 4 members (excludes halogenated alkanes) is 17. The molecule has 6 nitrogen and oxygen atoms in total. The second kappa shape index (κ2) is 32.9. The van der Waals surface area contributed by atoms with Gasteiger partial charge >= 0.3 is 11.9 Å². The van der Waals surface area contributed by atoms with Gasteiger partial charge < -0.3 is 18.8 Å². The maximum absolute atomic E-state index is 13.8. The standard InChI is InChI=1S/C49H97NO5Si/c1-10-14-18-22-26-32-43(33-27-23-19-15-11-2)47(51)53-41-46(45-36-38-50(40-45)37-30-31-39-55-56(8,9)49(5,6)7)42-54-48(52)44(34-28-24-20-16-12-3)35-29-25-21-17-13-4/h43-46H,10-42H2,1-9H3. The van der Waals surface area contributed by atoms with E-state index in [0.29, 0.717) is 19.1 Å². The van der Waals surface area contributed by atoms with Crippen LogP contribution < -0.4 is 0 Å². The molecule has 0 amide bonds. The topological polar surface area (TPSA) is 65.1 Å². The van der Waals surface area contributed by atoms with Gasteiger partial charge in [0.15, 0.2) is 8.32 Å². The van der Waals surface area contributed by atoms with Crippen molar-refractivity contribution in [1.29, 1.82) is 0 Å². The lowest BCUT2D eigenvalue weighted by molar-refractivity contribution is -0.156. The largest absolute Gasteiger partial charge is 0.465 e. The molecule has 1 unspecified atom stereocenters. The van der Waals surface area contributed by atoms with Crippen LogP contribution in [-0.2, 0) is 23.5 Å². The molecule has 332 valence electrons. The number of rotatable bonds is 37. The molecule has 7 heteroatoms. The number of carbonyl (C=O) groups excluding carboxylic acids is 2. The number of hydrogen-bond acceptors (Lipinski definition) is 6. The average molecular weight is 808 g/mol. The van der Waals surface area contributed by atoms with E-state index in [1.54, 1.807) is 0 Å². The van der Waals surface area contributed by atoms with E-state index >= 15 is 0 Å². The Bertz CT molecular complexity index is 875. The van der Waals surface area contributed by atoms with E-state index in [1.165, 1.54) is 103 Å². The molecule has 56 heavy (non-hydrogen) atoms. The number of nitrogens with zero attached hydrogens (tertiary/aromatic N) is 1. The van der Waals surface area contributed by atoms with Gasteiger partial charge in [-0.15, -0.1) is 0 Å². The first kappa shape index (κ1) is 53.1. The van der Waals surface area contributed by atoms with Crippen LogP contribution in [0.3, 0.4) is 0 Å². The van der Waals surface area contributed by atoms with Crippen LogP contribution in [-0.4, -0.2) is 64.6 Å². The monoisotopic (exact) mass is 808 g/mol. The summed E-state index contributed by atoms with van der Waals surface area (Å²) in [5.74, 6) is 0.350. The van der Waals surface area contributed by atoms with E-state index in [0.717, 1.165) is 96.9 Å². The lowest BCUT2D eigenvalue weighted by Crippen LogP contribution is -2.41. The highest BCUT2D eigenvalue weighted by atomic mass is 28.4. The minimum absolute atomic E-state index is 0.0130. The average Bonchev–Trinajstić information content (AvgIpc) is 3.63. The maximum atomic E-state index is 13.8. The van der Waals surface area contributed by atoms with Crippen LogP contribution in [0.4, 0.5) is 0 Å². The summed E-state index contributed by atoms with van der Waals surface area (Å²) < 4.78 is 19.0. The lowest BCUT2D eigenvalue weighted by Gasteiger charge is -2.36. The number of ether oxygens (including phenoxy) is 2. The zero-order valence-electron chi connectivity index (χ0n) is 39.1. The highest BCUT2D eigenvalue weighted by Gasteiger charge is 2.37. The smallest absolute Gasteiger partial charge is 0.308 e. The molecule has 0 bridgehead atoms. The van der Waals surface area contributed by atoms with E-state index in [9.17, 15) is 9.59 Å². The van der Waals surface area contributed by atoms with E-state index in [1.807, 2.05) is 0 Å². The summed E-state index contributed by atoms with van der Waals surface area (Å²) in [6.45, 7) is 25.3. The summed E-state index contributed by atoms with van der Waals surface area (Å²) in [5, 5.41) is 0.240. The zero-order valence-corrected chi connectivity index (χ0v) is 40.1. The third-order valence-corrected chi connectivity index (χ3v) is 17.8. The number of esters is 2. The Morgan fingerprint density at radius 2 is 0.982 bits per heavy atom. The highest BCUT2D eigenvalue weighted by molar-refractivity contribution is 6.74. The van der Waals surface area contributed by atoms with Crippen molar-refractivity contribution in [2.45, 2.75) is 240 Å². The summed E-state index contributed by atoms with van der Waals surface area (Å²) in [4.78, 5) is 30.2. The summed E-state index contributed by atoms with van der Waals surface area (Å²) in [7, 11) is -1.72. The molecule has 1 atom stereocenters.